The van der Waals surface area contributed by atoms with Crippen LogP contribution in [-0.2, 0) is 10.0 Å². The minimum atomic E-state index is -3.08. The zero-order valence-corrected chi connectivity index (χ0v) is 10.8. The Kier molecular flexibility index (Phi) is 5.68. The highest BCUT2D eigenvalue weighted by atomic mass is 32.2. The number of nitrogens with two attached hydrogens (primary N) is 1. The Morgan fingerprint density at radius 1 is 1.44 bits per heavy atom. The highest BCUT2D eigenvalue weighted by Gasteiger charge is 2.21. The van der Waals surface area contributed by atoms with Gasteiger partial charge in [-0.2, -0.15) is 0 Å². The highest BCUT2D eigenvalue weighted by molar-refractivity contribution is 7.89. The molecule has 1 rings (SSSR count). The lowest BCUT2D eigenvalue weighted by molar-refractivity contribution is 0.394. The van der Waals surface area contributed by atoms with Gasteiger partial charge in [0.25, 0.3) is 0 Å². The fourth-order valence-corrected chi connectivity index (χ4v) is 3.16. The molecule has 1 saturated heterocycles. The zero-order chi connectivity index (χ0) is 12.0. The van der Waals surface area contributed by atoms with Crippen LogP contribution in [0.4, 0.5) is 0 Å². The van der Waals surface area contributed by atoms with Gasteiger partial charge in [-0.1, -0.05) is 0 Å². The van der Waals surface area contributed by atoms with Crippen molar-refractivity contribution in [1.29, 1.82) is 0 Å². The molecule has 0 radical (unpaired) electrons. The van der Waals surface area contributed by atoms with E-state index < -0.39 is 10.0 Å². The van der Waals surface area contributed by atoms with Gasteiger partial charge in [0.1, 0.15) is 0 Å². The quantitative estimate of drug-likeness (QED) is 0.602. The van der Waals surface area contributed by atoms with Crippen molar-refractivity contribution in [3.63, 3.8) is 0 Å². The predicted octanol–water partition coefficient (Wildman–Crippen LogP) is -0.404. The number of hydrogen-bond donors (Lipinski definition) is 2. The van der Waals surface area contributed by atoms with Crippen molar-refractivity contribution in [3.8, 4) is 0 Å². The topological polar surface area (TPSA) is 75.4 Å². The number of likely N-dealkylation sites (tertiary alicyclic amines) is 1. The molecule has 0 aromatic rings. The van der Waals surface area contributed by atoms with Crippen molar-refractivity contribution in [2.45, 2.75) is 19.3 Å². The lowest BCUT2D eigenvalue weighted by atomic mass is 10.1. The summed E-state index contributed by atoms with van der Waals surface area (Å²) in [4.78, 5) is 2.23. The van der Waals surface area contributed by atoms with Crippen LogP contribution in [0.1, 0.15) is 19.3 Å². The van der Waals surface area contributed by atoms with E-state index in [9.17, 15) is 8.42 Å². The summed E-state index contributed by atoms with van der Waals surface area (Å²) in [5.41, 5.74) is 5.33. The van der Waals surface area contributed by atoms with E-state index in [-0.39, 0.29) is 5.75 Å². The first-order valence-electron chi connectivity index (χ1n) is 5.89. The van der Waals surface area contributed by atoms with Gasteiger partial charge in [0.2, 0.25) is 10.0 Å². The Hall–Kier alpha value is -0.170. The third-order valence-electron chi connectivity index (χ3n) is 2.95. The molecule has 1 unspecified atom stereocenters. The van der Waals surface area contributed by atoms with Gasteiger partial charge in [-0.25, -0.2) is 13.1 Å². The molecular weight excluding hydrogens is 226 g/mol. The lowest BCUT2D eigenvalue weighted by Gasteiger charge is -2.11. The molecule has 96 valence electrons. The number of hydrogen-bond acceptors (Lipinski definition) is 4. The van der Waals surface area contributed by atoms with E-state index in [0.29, 0.717) is 25.4 Å². The number of nitrogens with zero attached hydrogens (tertiary/aromatic N) is 1. The second-order valence-electron chi connectivity index (χ2n) is 4.58. The summed E-state index contributed by atoms with van der Waals surface area (Å²) in [7, 11) is -1.02. The van der Waals surface area contributed by atoms with Gasteiger partial charge in [-0.05, 0) is 45.3 Å². The molecule has 0 spiro atoms. The van der Waals surface area contributed by atoms with Crippen LogP contribution >= 0.6 is 0 Å². The SMILES string of the molecule is CN1CCC(CNS(=O)(=O)CCCCN)C1. The average molecular weight is 249 g/mol. The van der Waals surface area contributed by atoms with Crippen LogP contribution < -0.4 is 10.5 Å². The average Bonchev–Trinajstić information content (AvgIpc) is 2.62. The van der Waals surface area contributed by atoms with E-state index in [1.54, 1.807) is 0 Å². The van der Waals surface area contributed by atoms with Crippen LogP contribution in [0.15, 0.2) is 0 Å². The molecule has 0 aromatic heterocycles. The van der Waals surface area contributed by atoms with Crippen LogP contribution in [0.3, 0.4) is 0 Å². The fourth-order valence-electron chi connectivity index (χ4n) is 1.95. The smallest absolute Gasteiger partial charge is 0.211 e. The van der Waals surface area contributed by atoms with Gasteiger partial charge >= 0.3 is 0 Å². The first kappa shape index (κ1) is 13.9. The van der Waals surface area contributed by atoms with E-state index in [2.05, 4.69) is 16.7 Å². The molecule has 1 heterocycles. The van der Waals surface area contributed by atoms with Crippen molar-refractivity contribution >= 4 is 10.0 Å². The van der Waals surface area contributed by atoms with E-state index in [1.807, 2.05) is 0 Å². The summed E-state index contributed by atoms with van der Waals surface area (Å²) in [5.74, 6) is 0.668. The molecule has 1 atom stereocenters. The molecule has 3 N–H and O–H groups in total. The Morgan fingerprint density at radius 2 is 2.19 bits per heavy atom. The summed E-state index contributed by atoms with van der Waals surface area (Å²) in [5, 5.41) is 0. The van der Waals surface area contributed by atoms with Gasteiger partial charge in [-0.3, -0.25) is 0 Å². The second-order valence-corrected chi connectivity index (χ2v) is 6.51. The number of rotatable bonds is 7. The summed E-state index contributed by atoms with van der Waals surface area (Å²) < 4.78 is 25.8. The first-order valence-corrected chi connectivity index (χ1v) is 7.54. The molecule has 1 aliphatic rings. The molecule has 1 fully saturated rings. The van der Waals surface area contributed by atoms with Crippen LogP contribution in [0, 0.1) is 5.92 Å². The normalized spacial score (nSPS) is 22.8. The Bertz CT molecular complexity index is 292. The molecule has 0 aromatic carbocycles. The van der Waals surface area contributed by atoms with Crippen LogP contribution in [0.25, 0.3) is 0 Å². The van der Waals surface area contributed by atoms with Crippen molar-refractivity contribution in [3.05, 3.63) is 0 Å². The molecule has 0 bridgehead atoms. The van der Waals surface area contributed by atoms with Gasteiger partial charge in [0.15, 0.2) is 0 Å². The van der Waals surface area contributed by atoms with E-state index in [1.165, 1.54) is 0 Å². The lowest BCUT2D eigenvalue weighted by Crippen LogP contribution is -2.32. The number of sulfonamides is 1. The van der Waals surface area contributed by atoms with Crippen LogP contribution in [0.5, 0.6) is 0 Å². The number of unbranched alkanes of at least 4 members (excludes halogenated alkanes) is 1. The second kappa shape index (κ2) is 6.54. The summed E-state index contributed by atoms with van der Waals surface area (Å²) in [6.45, 7) is 3.20. The van der Waals surface area contributed by atoms with Crippen molar-refractivity contribution in [2.24, 2.45) is 11.7 Å². The zero-order valence-electron chi connectivity index (χ0n) is 9.98. The van der Waals surface area contributed by atoms with Gasteiger partial charge in [0, 0.05) is 13.1 Å². The summed E-state index contributed by atoms with van der Waals surface area (Å²) in [6, 6.07) is 0. The highest BCUT2D eigenvalue weighted by Crippen LogP contribution is 2.13. The Labute approximate surface area is 98.4 Å². The van der Waals surface area contributed by atoms with Crippen LogP contribution in [-0.4, -0.2) is 52.3 Å². The first-order chi connectivity index (χ1) is 7.53. The maximum atomic E-state index is 11.6. The molecular formula is C10H23N3O2S. The summed E-state index contributed by atoms with van der Waals surface area (Å²) >= 11 is 0. The van der Waals surface area contributed by atoms with Crippen molar-refractivity contribution < 1.29 is 8.42 Å². The molecule has 0 amide bonds. The van der Waals surface area contributed by atoms with Crippen LogP contribution in [0.2, 0.25) is 0 Å². The van der Waals surface area contributed by atoms with Gasteiger partial charge in [-0.15, -0.1) is 0 Å². The molecule has 0 saturated carbocycles. The minimum Gasteiger partial charge on any atom is -0.330 e. The molecule has 1 aliphatic heterocycles. The minimum absolute atomic E-state index is 0.201. The molecule has 6 heteroatoms. The molecule has 0 aliphatic carbocycles. The Morgan fingerprint density at radius 3 is 2.75 bits per heavy atom. The Balaban J connectivity index is 2.20. The third-order valence-corrected chi connectivity index (χ3v) is 4.38. The van der Waals surface area contributed by atoms with E-state index in [4.69, 9.17) is 5.73 Å². The van der Waals surface area contributed by atoms with E-state index in [0.717, 1.165) is 25.9 Å². The standard InChI is InChI=1S/C10H23N3O2S/c1-13-6-4-10(9-13)8-12-16(14,15)7-3-2-5-11/h10,12H,2-9,11H2,1H3. The summed E-state index contributed by atoms with van der Waals surface area (Å²) in [6.07, 6.45) is 2.51. The van der Waals surface area contributed by atoms with Crippen molar-refractivity contribution in [1.82, 2.24) is 9.62 Å². The fraction of sp³-hybridized carbons (Fsp3) is 1.00. The van der Waals surface area contributed by atoms with Gasteiger partial charge in [0.05, 0.1) is 5.75 Å². The number of nitrogens with one attached hydrogen (secondary N) is 1. The van der Waals surface area contributed by atoms with Gasteiger partial charge < -0.3 is 10.6 Å². The monoisotopic (exact) mass is 249 g/mol. The van der Waals surface area contributed by atoms with Crippen molar-refractivity contribution in [2.75, 3.05) is 39.0 Å². The molecule has 5 nitrogen and oxygen atoms in total. The largest absolute Gasteiger partial charge is 0.330 e. The predicted molar refractivity (Wildman–Crippen MR) is 65.7 cm³/mol. The maximum Gasteiger partial charge on any atom is 0.211 e. The maximum absolute atomic E-state index is 11.6. The molecule has 16 heavy (non-hydrogen) atoms. The third kappa shape index (κ3) is 5.25. The van der Waals surface area contributed by atoms with E-state index >= 15 is 0 Å².